The van der Waals surface area contributed by atoms with Gasteiger partial charge in [-0.3, -0.25) is 9.59 Å². The van der Waals surface area contributed by atoms with E-state index >= 15 is 0 Å². The van der Waals surface area contributed by atoms with Crippen molar-refractivity contribution in [3.63, 3.8) is 0 Å². The van der Waals surface area contributed by atoms with Crippen LogP contribution in [0, 0.1) is 5.92 Å². The monoisotopic (exact) mass is 571 g/mol. The summed E-state index contributed by atoms with van der Waals surface area (Å²) in [5.41, 5.74) is 3.40. The van der Waals surface area contributed by atoms with Gasteiger partial charge in [0.15, 0.2) is 0 Å². The van der Waals surface area contributed by atoms with Crippen LogP contribution in [0.3, 0.4) is 0 Å². The lowest BCUT2D eigenvalue weighted by Crippen LogP contribution is -2.61. The predicted octanol–water partition coefficient (Wildman–Crippen LogP) is 3.85. The maximum absolute atomic E-state index is 13.7. The first kappa shape index (κ1) is 31.2. The summed E-state index contributed by atoms with van der Waals surface area (Å²) in [7, 11) is 1.75. The molecule has 0 bridgehead atoms. The Bertz CT molecular complexity index is 1300. The lowest BCUT2D eigenvalue weighted by atomic mass is 9.94. The number of rotatable bonds is 12. The minimum absolute atomic E-state index is 0.184. The first-order valence-corrected chi connectivity index (χ1v) is 14.9. The Kier molecular flexibility index (Phi) is 11.1. The Morgan fingerprint density at radius 1 is 0.929 bits per heavy atom. The van der Waals surface area contributed by atoms with Crippen LogP contribution in [0.15, 0.2) is 78.9 Å². The number of aliphatic hydroxyl groups excluding tert-OH is 1. The van der Waals surface area contributed by atoms with Crippen molar-refractivity contribution in [3.8, 4) is 0 Å². The summed E-state index contributed by atoms with van der Waals surface area (Å²) in [5.74, 6) is -0.0793. The third kappa shape index (κ3) is 8.64. The summed E-state index contributed by atoms with van der Waals surface area (Å²) >= 11 is 0. The highest BCUT2D eigenvalue weighted by Crippen LogP contribution is 2.19. The van der Waals surface area contributed by atoms with Gasteiger partial charge in [-0.1, -0.05) is 74.5 Å². The molecular formula is C34H45N5O3. The number of amides is 2. The zero-order valence-corrected chi connectivity index (χ0v) is 25.1. The Hall–Kier alpha value is -3.72. The van der Waals surface area contributed by atoms with E-state index in [1.807, 2.05) is 67.6 Å². The van der Waals surface area contributed by atoms with E-state index in [1.54, 1.807) is 25.2 Å². The van der Waals surface area contributed by atoms with E-state index in [-0.39, 0.29) is 23.9 Å². The normalized spacial score (nSPS) is 17.7. The summed E-state index contributed by atoms with van der Waals surface area (Å²) in [6.45, 7) is 9.71. The van der Waals surface area contributed by atoms with Crippen LogP contribution in [0.4, 0.5) is 5.69 Å². The Morgan fingerprint density at radius 2 is 1.55 bits per heavy atom. The molecule has 5 N–H and O–H groups in total. The van der Waals surface area contributed by atoms with Gasteiger partial charge < -0.3 is 31.3 Å². The first-order chi connectivity index (χ1) is 20.2. The third-order valence-corrected chi connectivity index (χ3v) is 7.75. The number of anilines is 1. The van der Waals surface area contributed by atoms with Gasteiger partial charge in [0.2, 0.25) is 0 Å². The minimum Gasteiger partial charge on any atom is -0.389 e. The van der Waals surface area contributed by atoms with Gasteiger partial charge in [-0.05, 0) is 48.6 Å². The summed E-state index contributed by atoms with van der Waals surface area (Å²) in [6, 6.07) is 23.8. The second-order valence-electron chi connectivity index (χ2n) is 11.6. The van der Waals surface area contributed by atoms with Gasteiger partial charge in [-0.15, -0.1) is 0 Å². The largest absolute Gasteiger partial charge is 0.389 e. The van der Waals surface area contributed by atoms with E-state index in [0.29, 0.717) is 35.7 Å². The number of carbonyl (C=O) groups is 2. The van der Waals surface area contributed by atoms with Gasteiger partial charge in [-0.2, -0.15) is 0 Å². The average molecular weight is 572 g/mol. The molecule has 8 nitrogen and oxygen atoms in total. The van der Waals surface area contributed by atoms with Crippen LogP contribution >= 0.6 is 0 Å². The number of hydrogen-bond acceptors (Lipinski definition) is 6. The molecule has 1 heterocycles. The molecule has 0 spiro atoms. The second-order valence-corrected chi connectivity index (χ2v) is 11.6. The maximum atomic E-state index is 13.7. The standard InChI is InChI=1S/C34H45N5O3/c1-23(2)21-39-16-15-36-31(22-39)32(40)30(17-25-11-7-5-8-12-25)38-34(42)28-18-27(19-29(20-28)35-4)33(41)37-24(3)26-13-9-6-10-14-26/h5-14,18-20,23-24,30-32,35-36,40H,15-17,21-22H2,1-4H3,(H,37,41)(H,38,42)/t24-,30+,31-,32+/m1/s1. The lowest BCUT2D eigenvalue weighted by molar-refractivity contribution is 0.0457. The van der Waals surface area contributed by atoms with Crippen molar-refractivity contribution >= 4 is 17.5 Å². The highest BCUT2D eigenvalue weighted by molar-refractivity contribution is 6.01. The van der Waals surface area contributed by atoms with Crippen molar-refractivity contribution in [2.24, 2.45) is 5.92 Å². The first-order valence-electron chi connectivity index (χ1n) is 14.9. The van der Waals surface area contributed by atoms with Gasteiger partial charge >= 0.3 is 0 Å². The van der Waals surface area contributed by atoms with Crippen LogP contribution in [0.1, 0.15) is 58.7 Å². The van der Waals surface area contributed by atoms with Crippen molar-refractivity contribution < 1.29 is 14.7 Å². The van der Waals surface area contributed by atoms with Crippen LogP contribution in [0.25, 0.3) is 0 Å². The maximum Gasteiger partial charge on any atom is 0.251 e. The number of nitrogens with zero attached hydrogens (tertiary/aromatic N) is 1. The predicted molar refractivity (Wildman–Crippen MR) is 169 cm³/mol. The smallest absolute Gasteiger partial charge is 0.251 e. The van der Waals surface area contributed by atoms with Gasteiger partial charge in [0.1, 0.15) is 0 Å². The molecule has 1 fully saturated rings. The molecule has 0 unspecified atom stereocenters. The quantitative estimate of drug-likeness (QED) is 0.226. The number of benzene rings is 3. The topological polar surface area (TPSA) is 106 Å². The Balaban J connectivity index is 1.53. The zero-order valence-electron chi connectivity index (χ0n) is 25.1. The molecule has 1 aliphatic rings. The average Bonchev–Trinajstić information content (AvgIpc) is 3.00. The summed E-state index contributed by atoms with van der Waals surface area (Å²) < 4.78 is 0. The van der Waals surface area contributed by atoms with E-state index in [9.17, 15) is 14.7 Å². The molecule has 2 amide bonds. The van der Waals surface area contributed by atoms with E-state index in [4.69, 9.17) is 0 Å². The van der Waals surface area contributed by atoms with Crippen LogP contribution < -0.4 is 21.3 Å². The van der Waals surface area contributed by atoms with Crippen LogP contribution in [-0.2, 0) is 6.42 Å². The van der Waals surface area contributed by atoms with Crippen molar-refractivity contribution in [3.05, 3.63) is 101 Å². The highest BCUT2D eigenvalue weighted by atomic mass is 16.3. The zero-order chi connectivity index (χ0) is 30.1. The molecule has 224 valence electrons. The lowest BCUT2D eigenvalue weighted by Gasteiger charge is -2.39. The number of carbonyl (C=O) groups excluding carboxylic acids is 2. The Morgan fingerprint density at radius 3 is 2.17 bits per heavy atom. The van der Waals surface area contributed by atoms with E-state index in [2.05, 4.69) is 40.0 Å². The summed E-state index contributed by atoms with van der Waals surface area (Å²) in [6.07, 6.45) is -0.338. The molecular weight excluding hydrogens is 526 g/mol. The Labute approximate surface area is 249 Å². The second kappa shape index (κ2) is 15.0. The van der Waals surface area contributed by atoms with Crippen molar-refractivity contribution in [2.45, 2.75) is 51.4 Å². The van der Waals surface area contributed by atoms with Crippen LogP contribution in [-0.4, -0.2) is 73.2 Å². The summed E-state index contributed by atoms with van der Waals surface area (Å²) in [5, 5.41) is 24.3. The number of hydrogen-bond donors (Lipinski definition) is 5. The SMILES string of the molecule is CNc1cc(C(=O)N[C@@H](Cc2ccccc2)[C@H](O)[C@H]2CN(CC(C)C)CCN2)cc(C(=O)N[C@H](C)c2ccccc2)c1. The van der Waals surface area contributed by atoms with Gasteiger partial charge in [0.25, 0.3) is 11.8 Å². The van der Waals surface area contributed by atoms with E-state index in [1.165, 1.54) is 0 Å². The fraction of sp³-hybridized carbons (Fsp3) is 0.412. The van der Waals surface area contributed by atoms with E-state index < -0.39 is 12.1 Å². The number of aliphatic hydroxyl groups is 1. The number of piperazine rings is 1. The number of nitrogens with one attached hydrogen (secondary N) is 4. The fourth-order valence-electron chi connectivity index (χ4n) is 5.55. The summed E-state index contributed by atoms with van der Waals surface area (Å²) in [4.78, 5) is 29.3. The molecule has 3 aromatic carbocycles. The molecule has 0 aromatic heterocycles. The van der Waals surface area contributed by atoms with Gasteiger partial charge in [-0.25, -0.2) is 0 Å². The molecule has 0 aliphatic carbocycles. The van der Waals surface area contributed by atoms with Gasteiger partial charge in [0, 0.05) is 56.1 Å². The molecule has 1 aliphatic heterocycles. The van der Waals surface area contributed by atoms with Crippen molar-refractivity contribution in [1.82, 2.24) is 20.9 Å². The molecule has 8 heteroatoms. The minimum atomic E-state index is -0.814. The highest BCUT2D eigenvalue weighted by Gasteiger charge is 2.33. The van der Waals surface area contributed by atoms with Crippen molar-refractivity contribution in [2.75, 3.05) is 38.5 Å². The molecule has 4 rings (SSSR count). The third-order valence-electron chi connectivity index (χ3n) is 7.75. The van der Waals surface area contributed by atoms with Crippen LogP contribution in [0.2, 0.25) is 0 Å². The molecule has 0 radical (unpaired) electrons. The van der Waals surface area contributed by atoms with Gasteiger partial charge in [0.05, 0.1) is 18.2 Å². The fourth-order valence-corrected chi connectivity index (χ4v) is 5.55. The molecule has 42 heavy (non-hydrogen) atoms. The molecule has 3 aromatic rings. The molecule has 4 atom stereocenters. The van der Waals surface area contributed by atoms with Crippen molar-refractivity contribution in [1.29, 1.82) is 0 Å². The van der Waals surface area contributed by atoms with Crippen LogP contribution in [0.5, 0.6) is 0 Å². The molecule has 0 saturated carbocycles. The van der Waals surface area contributed by atoms with E-state index in [0.717, 1.165) is 30.8 Å². The molecule has 1 saturated heterocycles.